The van der Waals surface area contributed by atoms with Crippen LogP contribution in [0.2, 0.25) is 0 Å². The van der Waals surface area contributed by atoms with E-state index in [2.05, 4.69) is 5.32 Å². The monoisotopic (exact) mass is 320 g/mol. The summed E-state index contributed by atoms with van der Waals surface area (Å²) >= 11 is -0.272. The van der Waals surface area contributed by atoms with Crippen LogP contribution in [0.15, 0.2) is 29.2 Å². The highest BCUT2D eigenvalue weighted by atomic mass is 32.2. The lowest BCUT2D eigenvalue weighted by Crippen LogP contribution is -2.63. The van der Waals surface area contributed by atoms with Crippen molar-refractivity contribution in [2.24, 2.45) is 0 Å². The fourth-order valence-electron chi connectivity index (χ4n) is 2.01. The molecule has 1 saturated heterocycles. The Bertz CT molecular complexity index is 530. The predicted octanol–water partition coefficient (Wildman–Crippen LogP) is 3.29. The van der Waals surface area contributed by atoms with E-state index in [1.54, 1.807) is 6.07 Å². The Kier molecular flexibility index (Phi) is 4.38. The van der Waals surface area contributed by atoms with E-state index in [9.17, 15) is 23.1 Å². The van der Waals surface area contributed by atoms with Gasteiger partial charge in [-0.2, -0.15) is 13.2 Å². The van der Waals surface area contributed by atoms with E-state index in [-0.39, 0.29) is 35.4 Å². The predicted molar refractivity (Wildman–Crippen MR) is 74.2 cm³/mol. The van der Waals surface area contributed by atoms with Crippen LogP contribution in [0.25, 0.3) is 0 Å². The zero-order chi connectivity index (χ0) is 15.7. The van der Waals surface area contributed by atoms with E-state index in [4.69, 9.17) is 0 Å². The fraction of sp³-hybridized carbons (Fsp3) is 0.462. The zero-order valence-corrected chi connectivity index (χ0v) is 12.1. The number of amides is 2. The molecule has 2 amide bonds. The molecular weight excluding hydrogens is 305 g/mol. The molecule has 1 heterocycles. The Morgan fingerprint density at radius 2 is 2.05 bits per heavy atom. The number of likely N-dealkylation sites (tertiary alicyclic amines) is 1. The number of carbonyl (C=O) groups excluding carboxylic acids is 1. The molecule has 0 spiro atoms. The molecule has 1 fully saturated rings. The summed E-state index contributed by atoms with van der Waals surface area (Å²) in [7, 11) is 0. The lowest BCUT2D eigenvalue weighted by Gasteiger charge is -2.45. The summed E-state index contributed by atoms with van der Waals surface area (Å²) in [5.74, 6) is 0. The van der Waals surface area contributed by atoms with Crippen LogP contribution in [0, 0.1) is 0 Å². The Morgan fingerprint density at radius 1 is 1.43 bits per heavy atom. The van der Waals surface area contributed by atoms with Gasteiger partial charge in [-0.1, -0.05) is 19.1 Å². The average molecular weight is 320 g/mol. The number of nitrogens with zero attached hydrogens (tertiary/aromatic N) is 1. The van der Waals surface area contributed by atoms with Crippen molar-refractivity contribution in [1.82, 2.24) is 4.90 Å². The van der Waals surface area contributed by atoms with Crippen molar-refractivity contribution in [2.45, 2.75) is 29.3 Å². The van der Waals surface area contributed by atoms with Gasteiger partial charge in [0.15, 0.2) is 0 Å². The van der Waals surface area contributed by atoms with E-state index >= 15 is 0 Å². The third-order valence-corrected chi connectivity index (χ3v) is 4.08. The van der Waals surface area contributed by atoms with Crippen molar-refractivity contribution >= 4 is 23.5 Å². The third-order valence-electron chi connectivity index (χ3n) is 3.27. The van der Waals surface area contributed by atoms with Crippen LogP contribution >= 0.6 is 11.8 Å². The number of urea groups is 1. The normalized spacial score (nSPS) is 17.3. The van der Waals surface area contributed by atoms with Gasteiger partial charge < -0.3 is 15.3 Å². The minimum absolute atomic E-state index is 0.0652. The van der Waals surface area contributed by atoms with Crippen LogP contribution in [0.1, 0.15) is 13.3 Å². The first-order chi connectivity index (χ1) is 9.72. The highest BCUT2D eigenvalue weighted by Gasteiger charge is 2.42. The number of nitrogens with one attached hydrogen (secondary N) is 1. The number of rotatable bonds is 3. The van der Waals surface area contributed by atoms with E-state index in [0.29, 0.717) is 6.42 Å². The van der Waals surface area contributed by atoms with Gasteiger partial charge in [0.25, 0.3) is 0 Å². The second-order valence-electron chi connectivity index (χ2n) is 4.91. The van der Waals surface area contributed by atoms with Gasteiger partial charge in [0.05, 0.1) is 24.4 Å². The molecule has 116 valence electrons. The maximum Gasteiger partial charge on any atom is 0.446 e. The lowest BCUT2D eigenvalue weighted by atomic mass is 9.92. The maximum atomic E-state index is 12.4. The number of carbonyl (C=O) groups is 1. The van der Waals surface area contributed by atoms with Crippen molar-refractivity contribution in [3.8, 4) is 0 Å². The number of anilines is 1. The van der Waals surface area contributed by atoms with Gasteiger partial charge in [0.2, 0.25) is 0 Å². The molecule has 0 aliphatic carbocycles. The minimum atomic E-state index is -4.42. The molecule has 1 aliphatic heterocycles. The molecule has 0 radical (unpaired) electrons. The molecule has 2 rings (SSSR count). The van der Waals surface area contributed by atoms with Crippen LogP contribution in [-0.4, -0.2) is 40.2 Å². The number of β-amino-alcohol motifs (C(OH)–C–C–N with tert-alkyl or cyclic N) is 1. The molecule has 4 nitrogen and oxygen atoms in total. The van der Waals surface area contributed by atoms with Crippen molar-refractivity contribution in [2.75, 3.05) is 18.4 Å². The number of alkyl halides is 3. The zero-order valence-electron chi connectivity index (χ0n) is 11.3. The molecular formula is C13H15F3N2O2S. The second kappa shape index (κ2) is 5.76. The fourth-order valence-corrected chi connectivity index (χ4v) is 2.63. The highest BCUT2D eigenvalue weighted by Crippen LogP contribution is 2.40. The minimum Gasteiger partial charge on any atom is -0.386 e. The molecule has 0 aromatic heterocycles. The summed E-state index contributed by atoms with van der Waals surface area (Å²) in [5.41, 5.74) is -5.19. The number of para-hydroxylation sites is 1. The van der Waals surface area contributed by atoms with E-state index in [0.717, 1.165) is 0 Å². The summed E-state index contributed by atoms with van der Waals surface area (Å²) in [4.78, 5) is 13.2. The van der Waals surface area contributed by atoms with Crippen molar-refractivity contribution < 1.29 is 23.1 Å². The van der Waals surface area contributed by atoms with Crippen LogP contribution in [0.4, 0.5) is 23.7 Å². The highest BCUT2D eigenvalue weighted by molar-refractivity contribution is 8.00. The number of thioether (sulfide) groups is 1. The Balaban J connectivity index is 2.02. The van der Waals surface area contributed by atoms with Crippen LogP contribution in [0.5, 0.6) is 0 Å². The van der Waals surface area contributed by atoms with E-state index in [1.165, 1.54) is 23.1 Å². The summed E-state index contributed by atoms with van der Waals surface area (Å²) in [6.07, 6.45) is 0.525. The van der Waals surface area contributed by atoms with Crippen LogP contribution < -0.4 is 5.32 Å². The number of halogens is 3. The SMILES string of the molecule is CCC1(O)CN(C(=O)Nc2ccccc2SC(F)(F)F)C1. The van der Waals surface area contributed by atoms with Gasteiger partial charge in [0.1, 0.15) is 0 Å². The van der Waals surface area contributed by atoms with Crippen molar-refractivity contribution in [3.05, 3.63) is 24.3 Å². The van der Waals surface area contributed by atoms with Crippen LogP contribution in [-0.2, 0) is 0 Å². The number of hydrogen-bond acceptors (Lipinski definition) is 3. The first-order valence-electron chi connectivity index (χ1n) is 6.35. The van der Waals surface area contributed by atoms with Crippen molar-refractivity contribution in [3.63, 3.8) is 0 Å². The molecule has 1 aromatic rings. The van der Waals surface area contributed by atoms with Crippen LogP contribution in [0.3, 0.4) is 0 Å². The topological polar surface area (TPSA) is 52.6 Å². The first kappa shape index (κ1) is 16.0. The molecule has 0 atom stereocenters. The Morgan fingerprint density at radius 3 is 2.62 bits per heavy atom. The van der Waals surface area contributed by atoms with Gasteiger partial charge in [-0.05, 0) is 30.3 Å². The lowest BCUT2D eigenvalue weighted by molar-refractivity contribution is -0.0755. The third kappa shape index (κ3) is 4.04. The van der Waals surface area contributed by atoms with E-state index in [1.807, 2.05) is 6.92 Å². The van der Waals surface area contributed by atoms with Gasteiger partial charge in [0, 0.05) is 4.90 Å². The summed E-state index contributed by atoms with van der Waals surface area (Å²) in [5, 5.41) is 12.3. The smallest absolute Gasteiger partial charge is 0.386 e. The maximum absolute atomic E-state index is 12.4. The quantitative estimate of drug-likeness (QED) is 0.840. The van der Waals surface area contributed by atoms with E-state index < -0.39 is 17.1 Å². The molecule has 8 heteroatoms. The molecule has 21 heavy (non-hydrogen) atoms. The Hall–Kier alpha value is -1.41. The number of benzene rings is 1. The average Bonchev–Trinajstić information content (AvgIpc) is 2.35. The second-order valence-corrected chi connectivity index (χ2v) is 6.01. The summed E-state index contributed by atoms with van der Waals surface area (Å²) in [6.45, 7) is 2.18. The first-order valence-corrected chi connectivity index (χ1v) is 7.17. The molecule has 1 aliphatic rings. The van der Waals surface area contributed by atoms with Gasteiger partial charge in [-0.3, -0.25) is 0 Å². The largest absolute Gasteiger partial charge is 0.446 e. The summed E-state index contributed by atoms with van der Waals surface area (Å²) < 4.78 is 37.3. The number of hydrogen-bond donors (Lipinski definition) is 2. The molecule has 2 N–H and O–H groups in total. The molecule has 0 saturated carbocycles. The molecule has 1 aromatic carbocycles. The Labute approximate surface area is 124 Å². The van der Waals surface area contributed by atoms with Gasteiger partial charge in [-0.25, -0.2) is 4.79 Å². The van der Waals surface area contributed by atoms with Gasteiger partial charge in [-0.15, -0.1) is 0 Å². The molecule has 0 unspecified atom stereocenters. The molecule has 0 bridgehead atoms. The van der Waals surface area contributed by atoms with Crippen molar-refractivity contribution in [1.29, 1.82) is 0 Å². The number of aliphatic hydroxyl groups is 1. The standard InChI is InChI=1S/C13H15F3N2O2S/c1-2-12(20)7-18(8-12)11(19)17-9-5-3-4-6-10(9)21-13(14,15)16/h3-6,20H,2,7-8H2,1H3,(H,17,19). The van der Waals surface area contributed by atoms with Gasteiger partial charge >= 0.3 is 11.5 Å². The summed E-state index contributed by atoms with van der Waals surface area (Å²) in [6, 6.07) is 5.23.